The van der Waals surface area contributed by atoms with Crippen molar-refractivity contribution in [3.63, 3.8) is 0 Å². The lowest BCUT2D eigenvalue weighted by atomic mass is 9.88. The van der Waals surface area contributed by atoms with Gasteiger partial charge >= 0.3 is 6.09 Å². The number of carbonyl (C=O) groups is 3. The third kappa shape index (κ3) is 7.16. The van der Waals surface area contributed by atoms with E-state index in [0.29, 0.717) is 22.7 Å². The maximum atomic E-state index is 13.9. The second-order valence-electron chi connectivity index (χ2n) is 11.3. The van der Waals surface area contributed by atoms with Crippen molar-refractivity contribution in [3.05, 3.63) is 59.9 Å². The van der Waals surface area contributed by atoms with Crippen LogP contribution in [0.1, 0.15) is 59.7 Å². The largest absolute Gasteiger partial charge is 0.444 e. The number of hydrogen-bond acceptors (Lipinski definition) is 7. The SMILES string of the molecule is C[C@H](NC(=O)OC(C)(C)C)C(=O)NC1N=C(c2ccccn2)c2ccccc2N(CC(O)C(C)(C)C)C1=O. The zero-order valence-electron chi connectivity index (χ0n) is 23.0. The molecule has 0 aliphatic carbocycles. The van der Waals surface area contributed by atoms with Gasteiger partial charge in [-0.05, 0) is 51.3 Å². The zero-order chi connectivity index (χ0) is 28.3. The average molecular weight is 524 g/mol. The number of aliphatic imine (C=N–C) groups is 1. The van der Waals surface area contributed by atoms with Crippen LogP contribution in [0.3, 0.4) is 0 Å². The Hall–Kier alpha value is -3.79. The van der Waals surface area contributed by atoms with Crippen LogP contribution in [-0.4, -0.2) is 64.2 Å². The molecule has 10 nitrogen and oxygen atoms in total. The molecule has 0 spiro atoms. The molecule has 0 saturated heterocycles. The summed E-state index contributed by atoms with van der Waals surface area (Å²) < 4.78 is 5.23. The van der Waals surface area contributed by atoms with Gasteiger partial charge in [0.05, 0.1) is 29.7 Å². The Labute approximate surface area is 223 Å². The second-order valence-corrected chi connectivity index (χ2v) is 11.3. The van der Waals surface area contributed by atoms with Crippen molar-refractivity contribution in [2.75, 3.05) is 11.4 Å². The summed E-state index contributed by atoms with van der Waals surface area (Å²) in [4.78, 5) is 49.7. The molecule has 3 atom stereocenters. The standard InChI is InChI=1S/C28H37N5O5/c1-17(30-26(37)38-28(5,6)7)24(35)32-23-25(36)33(16-21(34)27(2,3)4)20-14-9-8-12-18(20)22(31-23)19-13-10-11-15-29-19/h8-15,17,21,23,34H,16H2,1-7H3,(H,30,37)(H,32,35)/t17-,21?,23?/m0/s1. The topological polar surface area (TPSA) is 133 Å². The molecule has 3 amide bonds. The van der Waals surface area contributed by atoms with E-state index >= 15 is 0 Å². The molecule has 1 aromatic carbocycles. The molecule has 204 valence electrons. The van der Waals surface area contributed by atoms with Crippen LogP contribution in [0.5, 0.6) is 0 Å². The normalized spacial score (nSPS) is 17.5. The molecule has 1 aliphatic rings. The number of nitrogens with one attached hydrogen (secondary N) is 2. The summed E-state index contributed by atoms with van der Waals surface area (Å²) in [6, 6.07) is 11.6. The summed E-state index contributed by atoms with van der Waals surface area (Å²) >= 11 is 0. The van der Waals surface area contributed by atoms with Crippen LogP contribution in [0.25, 0.3) is 0 Å². The summed E-state index contributed by atoms with van der Waals surface area (Å²) in [5.41, 5.74) is 0.876. The Morgan fingerprint density at radius 2 is 1.74 bits per heavy atom. The highest BCUT2D eigenvalue weighted by Gasteiger charge is 2.37. The van der Waals surface area contributed by atoms with E-state index < -0.39 is 47.2 Å². The number of benzene rings is 1. The number of nitrogens with zero attached hydrogens (tertiary/aromatic N) is 3. The van der Waals surface area contributed by atoms with E-state index in [9.17, 15) is 19.5 Å². The van der Waals surface area contributed by atoms with Crippen molar-refractivity contribution in [2.45, 2.75) is 72.4 Å². The minimum absolute atomic E-state index is 0.0115. The van der Waals surface area contributed by atoms with Crippen molar-refractivity contribution >= 4 is 29.3 Å². The van der Waals surface area contributed by atoms with Gasteiger partial charge in [-0.25, -0.2) is 9.79 Å². The summed E-state index contributed by atoms with van der Waals surface area (Å²) in [5, 5.41) is 16.0. The van der Waals surface area contributed by atoms with E-state index in [1.54, 1.807) is 51.2 Å². The number of fused-ring (bicyclic) bond motifs is 1. The third-order valence-electron chi connectivity index (χ3n) is 5.88. The summed E-state index contributed by atoms with van der Waals surface area (Å²) in [6.45, 7) is 12.3. The number of rotatable bonds is 6. The molecule has 0 bridgehead atoms. The third-order valence-corrected chi connectivity index (χ3v) is 5.88. The lowest BCUT2D eigenvalue weighted by Gasteiger charge is -2.33. The molecule has 0 saturated carbocycles. The highest BCUT2D eigenvalue weighted by molar-refractivity contribution is 6.19. The monoisotopic (exact) mass is 523 g/mol. The Kier molecular flexibility index (Phi) is 8.56. The van der Waals surface area contributed by atoms with Gasteiger partial charge in [0, 0.05) is 11.8 Å². The number of aromatic nitrogens is 1. The van der Waals surface area contributed by atoms with Gasteiger partial charge in [0.2, 0.25) is 12.1 Å². The number of pyridine rings is 1. The molecule has 0 radical (unpaired) electrons. The molecule has 3 rings (SSSR count). The van der Waals surface area contributed by atoms with Crippen LogP contribution >= 0.6 is 0 Å². The number of benzodiazepines with no additional fused rings is 1. The fourth-order valence-electron chi connectivity index (χ4n) is 3.68. The van der Waals surface area contributed by atoms with Crippen molar-refractivity contribution in [1.82, 2.24) is 15.6 Å². The zero-order valence-corrected chi connectivity index (χ0v) is 23.0. The van der Waals surface area contributed by atoms with Gasteiger partial charge in [0.15, 0.2) is 0 Å². The molecule has 2 heterocycles. The number of β-amino-alcohol motifs (C(OH)–C–C–N with tert-alkyl or cyclic N) is 1. The number of para-hydroxylation sites is 1. The minimum Gasteiger partial charge on any atom is -0.444 e. The number of hydrogen-bond donors (Lipinski definition) is 3. The number of anilines is 1. The quantitative estimate of drug-likeness (QED) is 0.533. The van der Waals surface area contributed by atoms with Crippen molar-refractivity contribution in [2.24, 2.45) is 10.4 Å². The van der Waals surface area contributed by atoms with Crippen LogP contribution < -0.4 is 15.5 Å². The predicted molar refractivity (Wildman–Crippen MR) is 145 cm³/mol. The van der Waals surface area contributed by atoms with Gasteiger partial charge in [-0.1, -0.05) is 45.0 Å². The van der Waals surface area contributed by atoms with E-state index in [-0.39, 0.29) is 6.54 Å². The smallest absolute Gasteiger partial charge is 0.408 e. The molecular formula is C28H37N5O5. The summed E-state index contributed by atoms with van der Waals surface area (Å²) in [7, 11) is 0. The molecule has 0 fully saturated rings. The van der Waals surface area contributed by atoms with E-state index in [2.05, 4.69) is 20.6 Å². The molecule has 38 heavy (non-hydrogen) atoms. The number of aliphatic hydroxyl groups excluding tert-OH is 1. The van der Waals surface area contributed by atoms with Crippen molar-refractivity contribution in [3.8, 4) is 0 Å². The number of ether oxygens (including phenoxy) is 1. The van der Waals surface area contributed by atoms with Gasteiger partial charge in [0.25, 0.3) is 5.91 Å². The molecule has 3 N–H and O–H groups in total. The van der Waals surface area contributed by atoms with Gasteiger partial charge in [0.1, 0.15) is 11.6 Å². The predicted octanol–water partition coefficient (Wildman–Crippen LogP) is 3.03. The minimum atomic E-state index is -1.33. The average Bonchev–Trinajstić information content (AvgIpc) is 2.93. The molecule has 2 unspecified atom stereocenters. The van der Waals surface area contributed by atoms with Gasteiger partial charge in [-0.2, -0.15) is 0 Å². The fourth-order valence-corrected chi connectivity index (χ4v) is 3.68. The van der Waals surface area contributed by atoms with Crippen LogP contribution in [0.4, 0.5) is 10.5 Å². The maximum absolute atomic E-state index is 13.9. The molecule has 2 aromatic rings. The Balaban J connectivity index is 2.00. The number of carbonyl (C=O) groups excluding carboxylic acids is 3. The number of alkyl carbamates (subject to hydrolysis) is 1. The van der Waals surface area contributed by atoms with Gasteiger partial charge < -0.3 is 25.4 Å². The van der Waals surface area contributed by atoms with Crippen molar-refractivity contribution < 1.29 is 24.2 Å². The van der Waals surface area contributed by atoms with Crippen LogP contribution in [0.15, 0.2) is 53.7 Å². The number of amides is 3. The first-order valence-corrected chi connectivity index (χ1v) is 12.6. The van der Waals surface area contributed by atoms with E-state index in [1.807, 2.05) is 39.0 Å². The van der Waals surface area contributed by atoms with Crippen LogP contribution in [-0.2, 0) is 14.3 Å². The lowest BCUT2D eigenvalue weighted by molar-refractivity contribution is -0.128. The van der Waals surface area contributed by atoms with E-state index in [0.717, 1.165) is 0 Å². The van der Waals surface area contributed by atoms with Gasteiger partial charge in [-0.3, -0.25) is 14.6 Å². The maximum Gasteiger partial charge on any atom is 0.408 e. The molecule has 1 aromatic heterocycles. The number of aliphatic hydroxyl groups is 1. The first-order valence-electron chi connectivity index (χ1n) is 12.6. The Bertz CT molecular complexity index is 1200. The lowest BCUT2D eigenvalue weighted by Crippen LogP contribution is -2.54. The molecule has 1 aliphatic heterocycles. The highest BCUT2D eigenvalue weighted by atomic mass is 16.6. The van der Waals surface area contributed by atoms with Crippen LogP contribution in [0.2, 0.25) is 0 Å². The Morgan fingerprint density at radius 1 is 1.08 bits per heavy atom. The van der Waals surface area contributed by atoms with Crippen molar-refractivity contribution in [1.29, 1.82) is 0 Å². The first-order chi connectivity index (χ1) is 17.7. The second kappa shape index (κ2) is 11.3. The summed E-state index contributed by atoms with van der Waals surface area (Å²) in [6.07, 6.45) is -1.33. The molecule has 10 heteroatoms. The van der Waals surface area contributed by atoms with E-state index in [4.69, 9.17) is 4.74 Å². The van der Waals surface area contributed by atoms with Gasteiger partial charge in [-0.15, -0.1) is 0 Å². The first kappa shape index (κ1) is 28.8. The van der Waals surface area contributed by atoms with Crippen LogP contribution in [0, 0.1) is 5.41 Å². The molecular weight excluding hydrogens is 486 g/mol. The Morgan fingerprint density at radius 3 is 2.34 bits per heavy atom. The summed E-state index contributed by atoms with van der Waals surface area (Å²) in [5.74, 6) is -1.15. The highest BCUT2D eigenvalue weighted by Crippen LogP contribution is 2.30. The van der Waals surface area contributed by atoms with E-state index in [1.165, 1.54) is 11.8 Å². The fraction of sp³-hybridized carbons (Fsp3) is 0.464.